The largest absolute Gasteiger partial charge is 0.454 e. The smallest absolute Gasteiger partial charge is 0.231 e. The van der Waals surface area contributed by atoms with E-state index < -0.39 is 0 Å². The van der Waals surface area contributed by atoms with Crippen molar-refractivity contribution in [2.24, 2.45) is 0 Å². The Bertz CT molecular complexity index is 820. The predicted octanol–water partition coefficient (Wildman–Crippen LogP) is 3.40. The molecule has 2 aromatic rings. The molecule has 0 radical (unpaired) electrons. The van der Waals surface area contributed by atoms with Gasteiger partial charge in [0.25, 0.3) is 0 Å². The summed E-state index contributed by atoms with van der Waals surface area (Å²) >= 11 is 0. The molecule has 1 unspecified atom stereocenters. The van der Waals surface area contributed by atoms with E-state index in [1.807, 2.05) is 6.07 Å². The molecule has 136 valence electrons. The Kier molecular flexibility index (Phi) is 4.09. The third kappa shape index (κ3) is 2.86. The first-order valence-corrected chi connectivity index (χ1v) is 9.39. The Hall–Kier alpha value is -2.40. The molecule has 5 nitrogen and oxygen atoms in total. The first-order valence-electron chi connectivity index (χ1n) is 9.39. The van der Waals surface area contributed by atoms with Crippen molar-refractivity contribution in [3.8, 4) is 23.0 Å². The summed E-state index contributed by atoms with van der Waals surface area (Å²) in [6, 6.07) is 10.5. The molecule has 26 heavy (non-hydrogen) atoms. The zero-order valence-corrected chi connectivity index (χ0v) is 14.8. The minimum atomic E-state index is 0.330. The predicted molar refractivity (Wildman–Crippen MR) is 97.4 cm³/mol. The Morgan fingerprint density at radius 3 is 2.77 bits per heavy atom. The van der Waals surface area contributed by atoms with Crippen LogP contribution in [0.2, 0.25) is 0 Å². The van der Waals surface area contributed by atoms with E-state index in [0.29, 0.717) is 19.5 Å². The first-order chi connectivity index (χ1) is 12.9. The normalized spacial score (nSPS) is 19.5. The quantitative estimate of drug-likeness (QED) is 0.835. The lowest BCUT2D eigenvalue weighted by molar-refractivity contribution is 0.173. The second-order valence-corrected chi connectivity index (χ2v) is 7.10. The number of nitrogens with one attached hydrogen (secondary N) is 1. The SMILES string of the molecule is c1cc2c(cc1CCNCC1CCCc3c1ccc1c3OCO1)OCO2. The third-order valence-corrected chi connectivity index (χ3v) is 5.52. The van der Waals surface area contributed by atoms with Gasteiger partial charge in [0, 0.05) is 12.1 Å². The van der Waals surface area contributed by atoms with Crippen molar-refractivity contribution >= 4 is 0 Å². The van der Waals surface area contributed by atoms with E-state index in [1.54, 1.807) is 0 Å². The lowest BCUT2D eigenvalue weighted by atomic mass is 9.82. The maximum absolute atomic E-state index is 5.70. The summed E-state index contributed by atoms with van der Waals surface area (Å²) in [4.78, 5) is 0. The van der Waals surface area contributed by atoms with E-state index >= 15 is 0 Å². The fourth-order valence-corrected chi connectivity index (χ4v) is 4.18. The van der Waals surface area contributed by atoms with Crippen LogP contribution >= 0.6 is 0 Å². The van der Waals surface area contributed by atoms with Gasteiger partial charge in [-0.1, -0.05) is 12.1 Å². The van der Waals surface area contributed by atoms with E-state index in [1.165, 1.54) is 29.5 Å². The summed E-state index contributed by atoms with van der Waals surface area (Å²) in [6.07, 6.45) is 4.51. The molecule has 1 aliphatic carbocycles. The van der Waals surface area contributed by atoms with Crippen molar-refractivity contribution in [1.82, 2.24) is 5.32 Å². The molecule has 2 aliphatic heterocycles. The molecule has 3 aliphatic rings. The fourth-order valence-electron chi connectivity index (χ4n) is 4.18. The molecule has 0 saturated heterocycles. The summed E-state index contributed by atoms with van der Waals surface area (Å²) < 4.78 is 22.0. The van der Waals surface area contributed by atoms with Crippen LogP contribution in [0.15, 0.2) is 30.3 Å². The number of benzene rings is 2. The van der Waals surface area contributed by atoms with Gasteiger partial charge in [-0.15, -0.1) is 0 Å². The van der Waals surface area contributed by atoms with E-state index in [0.717, 1.165) is 48.9 Å². The maximum atomic E-state index is 5.70. The van der Waals surface area contributed by atoms with Crippen molar-refractivity contribution in [3.05, 3.63) is 47.0 Å². The second-order valence-electron chi connectivity index (χ2n) is 7.10. The topological polar surface area (TPSA) is 49.0 Å². The molecule has 0 aromatic heterocycles. The molecule has 1 N–H and O–H groups in total. The van der Waals surface area contributed by atoms with Crippen LogP contribution < -0.4 is 24.3 Å². The standard InChI is InChI=1S/C21H23NO4/c1-2-15(16-5-7-19-21(17(16)3-1)26-13-24-19)11-22-9-8-14-4-6-18-20(10-14)25-12-23-18/h4-7,10,15,22H,1-3,8-9,11-13H2. The van der Waals surface area contributed by atoms with Gasteiger partial charge >= 0.3 is 0 Å². The van der Waals surface area contributed by atoms with Crippen LogP contribution in [0.5, 0.6) is 23.0 Å². The van der Waals surface area contributed by atoms with Crippen LogP contribution in [-0.4, -0.2) is 26.7 Å². The average Bonchev–Trinajstić information content (AvgIpc) is 3.33. The zero-order valence-electron chi connectivity index (χ0n) is 14.8. The molecule has 0 saturated carbocycles. The minimum Gasteiger partial charge on any atom is -0.454 e. The third-order valence-electron chi connectivity index (χ3n) is 5.52. The van der Waals surface area contributed by atoms with Gasteiger partial charge in [-0.3, -0.25) is 0 Å². The molecule has 2 aromatic carbocycles. The van der Waals surface area contributed by atoms with Gasteiger partial charge in [-0.2, -0.15) is 0 Å². The summed E-state index contributed by atoms with van der Waals surface area (Å²) in [7, 11) is 0. The number of hydrogen-bond donors (Lipinski definition) is 1. The van der Waals surface area contributed by atoms with E-state index in [2.05, 4.69) is 29.6 Å². The highest BCUT2D eigenvalue weighted by Gasteiger charge is 2.27. The van der Waals surface area contributed by atoms with Crippen LogP contribution in [0.3, 0.4) is 0 Å². The van der Waals surface area contributed by atoms with Gasteiger partial charge in [-0.05, 0) is 67.5 Å². The summed E-state index contributed by atoms with van der Waals surface area (Å²) in [5.74, 6) is 4.14. The van der Waals surface area contributed by atoms with Gasteiger partial charge in [0.05, 0.1) is 0 Å². The van der Waals surface area contributed by atoms with Gasteiger partial charge < -0.3 is 24.3 Å². The molecule has 0 fully saturated rings. The molecule has 0 bridgehead atoms. The maximum Gasteiger partial charge on any atom is 0.231 e. The zero-order chi connectivity index (χ0) is 17.3. The molecular weight excluding hydrogens is 330 g/mol. The van der Waals surface area contributed by atoms with Gasteiger partial charge in [0.15, 0.2) is 23.0 Å². The van der Waals surface area contributed by atoms with Crippen molar-refractivity contribution in [2.75, 3.05) is 26.7 Å². The minimum absolute atomic E-state index is 0.330. The summed E-state index contributed by atoms with van der Waals surface area (Å²) in [5, 5.41) is 3.64. The van der Waals surface area contributed by atoms with Gasteiger partial charge in [0.1, 0.15) is 0 Å². The van der Waals surface area contributed by atoms with Gasteiger partial charge in [0.2, 0.25) is 13.6 Å². The Morgan fingerprint density at radius 1 is 0.923 bits per heavy atom. The highest BCUT2D eigenvalue weighted by Crippen LogP contribution is 2.43. The lowest BCUT2D eigenvalue weighted by Gasteiger charge is -2.26. The highest BCUT2D eigenvalue weighted by molar-refractivity contribution is 5.54. The molecule has 0 spiro atoms. The van der Waals surface area contributed by atoms with Crippen molar-refractivity contribution in [1.29, 1.82) is 0 Å². The number of ether oxygens (including phenoxy) is 4. The number of hydrogen-bond acceptors (Lipinski definition) is 5. The Morgan fingerprint density at radius 2 is 1.77 bits per heavy atom. The monoisotopic (exact) mass is 353 g/mol. The molecule has 2 heterocycles. The lowest BCUT2D eigenvalue weighted by Crippen LogP contribution is -2.26. The Labute approximate surface area is 153 Å². The number of fused-ring (bicyclic) bond motifs is 4. The van der Waals surface area contributed by atoms with Crippen LogP contribution in [-0.2, 0) is 12.8 Å². The van der Waals surface area contributed by atoms with Crippen LogP contribution in [0, 0.1) is 0 Å². The van der Waals surface area contributed by atoms with E-state index in [9.17, 15) is 0 Å². The molecule has 1 atom stereocenters. The fraction of sp³-hybridized carbons (Fsp3) is 0.429. The van der Waals surface area contributed by atoms with Crippen molar-refractivity contribution in [3.63, 3.8) is 0 Å². The van der Waals surface area contributed by atoms with Gasteiger partial charge in [-0.25, -0.2) is 0 Å². The van der Waals surface area contributed by atoms with Crippen molar-refractivity contribution < 1.29 is 18.9 Å². The van der Waals surface area contributed by atoms with Crippen LogP contribution in [0.4, 0.5) is 0 Å². The molecule has 5 rings (SSSR count). The summed E-state index contributed by atoms with van der Waals surface area (Å²) in [6.45, 7) is 2.63. The van der Waals surface area contributed by atoms with Crippen LogP contribution in [0.1, 0.15) is 35.4 Å². The molecule has 5 heteroatoms. The Balaban J connectivity index is 1.19. The van der Waals surface area contributed by atoms with E-state index in [-0.39, 0.29) is 0 Å². The van der Waals surface area contributed by atoms with Crippen LogP contribution in [0.25, 0.3) is 0 Å². The first kappa shape index (κ1) is 15.8. The average molecular weight is 353 g/mol. The number of rotatable bonds is 5. The van der Waals surface area contributed by atoms with Crippen molar-refractivity contribution in [2.45, 2.75) is 31.6 Å². The van der Waals surface area contributed by atoms with E-state index in [4.69, 9.17) is 18.9 Å². The molecule has 0 amide bonds. The summed E-state index contributed by atoms with van der Waals surface area (Å²) in [5.41, 5.74) is 4.05. The molecular formula is C21H23NO4. The second kappa shape index (κ2) is 6.72. The highest BCUT2D eigenvalue weighted by atomic mass is 16.7.